The summed E-state index contributed by atoms with van der Waals surface area (Å²) in [6, 6.07) is 13.0. The van der Waals surface area contributed by atoms with E-state index in [0.29, 0.717) is 12.3 Å². The Morgan fingerprint density at radius 2 is 1.68 bits per heavy atom. The highest BCUT2D eigenvalue weighted by atomic mass is 19.2. The summed E-state index contributed by atoms with van der Waals surface area (Å²) in [5.41, 5.74) is 1.05. The van der Waals surface area contributed by atoms with E-state index in [1.54, 1.807) is 0 Å². The normalized spacial score (nSPS) is 10.6. The van der Waals surface area contributed by atoms with E-state index in [0.717, 1.165) is 17.7 Å². The minimum absolute atomic E-state index is 0.00708. The predicted octanol–water partition coefficient (Wildman–Crippen LogP) is 3.52. The number of rotatable bonds is 5. The molecule has 1 heterocycles. The van der Waals surface area contributed by atoms with Crippen molar-refractivity contribution in [2.45, 2.75) is 13.0 Å². The van der Waals surface area contributed by atoms with Crippen LogP contribution in [0.5, 0.6) is 5.75 Å². The van der Waals surface area contributed by atoms with Gasteiger partial charge in [0.05, 0.1) is 6.42 Å². The van der Waals surface area contributed by atoms with Crippen LogP contribution in [0, 0.1) is 11.6 Å². The lowest BCUT2D eigenvalue weighted by atomic mass is 10.2. The van der Waals surface area contributed by atoms with Crippen molar-refractivity contribution >= 4 is 0 Å². The predicted molar refractivity (Wildman–Crippen MR) is 74.2 cm³/mol. The summed E-state index contributed by atoms with van der Waals surface area (Å²) in [6.45, 7) is -0.00708. The molecule has 22 heavy (non-hydrogen) atoms. The Balaban J connectivity index is 1.61. The minimum Gasteiger partial charge on any atom is -0.484 e. The largest absolute Gasteiger partial charge is 0.484 e. The summed E-state index contributed by atoms with van der Waals surface area (Å²) in [5.74, 6) is -0.949. The van der Waals surface area contributed by atoms with Crippen LogP contribution in [0.25, 0.3) is 0 Å². The molecule has 0 N–H and O–H groups in total. The Morgan fingerprint density at radius 1 is 0.909 bits per heavy atom. The zero-order valence-electron chi connectivity index (χ0n) is 11.5. The number of ether oxygens (including phenoxy) is 1. The molecule has 3 aromatic rings. The van der Waals surface area contributed by atoms with Crippen LogP contribution in [0.2, 0.25) is 0 Å². The monoisotopic (exact) mass is 302 g/mol. The first-order chi connectivity index (χ1) is 10.7. The van der Waals surface area contributed by atoms with E-state index in [1.807, 2.05) is 30.3 Å². The molecule has 0 saturated carbocycles. The maximum atomic E-state index is 13.0. The van der Waals surface area contributed by atoms with Gasteiger partial charge in [-0.1, -0.05) is 30.3 Å². The quantitative estimate of drug-likeness (QED) is 0.723. The van der Waals surface area contributed by atoms with Gasteiger partial charge in [0.15, 0.2) is 18.2 Å². The fourth-order valence-electron chi connectivity index (χ4n) is 1.90. The molecule has 0 atom stereocenters. The van der Waals surface area contributed by atoms with E-state index in [9.17, 15) is 8.78 Å². The Bertz CT molecular complexity index is 760. The lowest BCUT2D eigenvalue weighted by Crippen LogP contribution is -1.96. The smallest absolute Gasteiger partial charge is 0.253 e. The van der Waals surface area contributed by atoms with Gasteiger partial charge in [-0.25, -0.2) is 8.78 Å². The molecule has 6 heteroatoms. The number of aromatic nitrogens is 2. The molecule has 0 bridgehead atoms. The number of hydrogen-bond donors (Lipinski definition) is 0. The van der Waals surface area contributed by atoms with Gasteiger partial charge in [-0.15, -0.1) is 10.2 Å². The Morgan fingerprint density at radius 3 is 2.45 bits per heavy atom. The van der Waals surface area contributed by atoms with Crippen molar-refractivity contribution in [3.63, 3.8) is 0 Å². The van der Waals surface area contributed by atoms with E-state index in [2.05, 4.69) is 10.2 Å². The molecule has 0 fully saturated rings. The van der Waals surface area contributed by atoms with E-state index in [4.69, 9.17) is 9.15 Å². The molecule has 0 aliphatic heterocycles. The van der Waals surface area contributed by atoms with Crippen molar-refractivity contribution < 1.29 is 17.9 Å². The van der Waals surface area contributed by atoms with Crippen LogP contribution in [0.3, 0.4) is 0 Å². The van der Waals surface area contributed by atoms with Gasteiger partial charge < -0.3 is 9.15 Å². The zero-order valence-corrected chi connectivity index (χ0v) is 11.5. The van der Waals surface area contributed by atoms with Gasteiger partial charge in [0, 0.05) is 6.07 Å². The maximum Gasteiger partial charge on any atom is 0.253 e. The number of benzene rings is 2. The number of halogens is 2. The van der Waals surface area contributed by atoms with E-state index in [1.165, 1.54) is 6.07 Å². The molecule has 0 aliphatic carbocycles. The zero-order chi connectivity index (χ0) is 15.4. The average Bonchev–Trinajstić information content (AvgIpc) is 2.97. The molecule has 0 aliphatic rings. The standard InChI is InChI=1S/C16H12F2N2O2/c17-13-7-6-12(9-14(13)18)21-10-16-20-19-15(22-16)8-11-4-2-1-3-5-11/h1-7,9H,8,10H2. The summed E-state index contributed by atoms with van der Waals surface area (Å²) < 4.78 is 36.6. The van der Waals surface area contributed by atoms with E-state index < -0.39 is 11.6 Å². The molecule has 2 aromatic carbocycles. The van der Waals surface area contributed by atoms with E-state index in [-0.39, 0.29) is 18.2 Å². The molecule has 3 rings (SSSR count). The van der Waals surface area contributed by atoms with Crippen LogP contribution in [0.4, 0.5) is 8.78 Å². The van der Waals surface area contributed by atoms with Gasteiger partial charge in [0.25, 0.3) is 5.89 Å². The highest BCUT2D eigenvalue weighted by molar-refractivity contribution is 5.23. The first-order valence-electron chi connectivity index (χ1n) is 6.64. The number of hydrogen-bond acceptors (Lipinski definition) is 4. The third-order valence-electron chi connectivity index (χ3n) is 2.96. The lowest BCUT2D eigenvalue weighted by Gasteiger charge is -2.03. The Kier molecular flexibility index (Phi) is 4.09. The van der Waals surface area contributed by atoms with Gasteiger partial charge in [-0.2, -0.15) is 0 Å². The van der Waals surface area contributed by atoms with Crippen LogP contribution in [-0.4, -0.2) is 10.2 Å². The number of nitrogens with zero attached hydrogens (tertiary/aromatic N) is 2. The summed E-state index contributed by atoms with van der Waals surface area (Å²) in [5, 5.41) is 7.78. The van der Waals surface area contributed by atoms with Crippen LogP contribution >= 0.6 is 0 Å². The van der Waals surface area contributed by atoms with Gasteiger partial charge in [-0.05, 0) is 17.7 Å². The van der Waals surface area contributed by atoms with Gasteiger partial charge in [0.1, 0.15) is 5.75 Å². The van der Waals surface area contributed by atoms with Crippen LogP contribution in [0.1, 0.15) is 17.3 Å². The third kappa shape index (κ3) is 3.46. The summed E-state index contributed by atoms with van der Waals surface area (Å²) in [6.07, 6.45) is 0.527. The molecule has 1 aromatic heterocycles. The Labute approximate surface area is 125 Å². The van der Waals surface area contributed by atoms with Gasteiger partial charge in [0.2, 0.25) is 5.89 Å². The molecule has 0 spiro atoms. The molecule has 0 unspecified atom stereocenters. The van der Waals surface area contributed by atoms with Crippen molar-refractivity contribution in [3.8, 4) is 5.75 Å². The molecular formula is C16H12F2N2O2. The average molecular weight is 302 g/mol. The van der Waals surface area contributed by atoms with Gasteiger partial charge >= 0.3 is 0 Å². The minimum atomic E-state index is -0.965. The molecule has 112 valence electrons. The maximum absolute atomic E-state index is 13.0. The van der Waals surface area contributed by atoms with Crippen LogP contribution < -0.4 is 4.74 Å². The molecular weight excluding hydrogens is 290 g/mol. The Hall–Kier alpha value is -2.76. The SMILES string of the molecule is Fc1ccc(OCc2nnc(Cc3ccccc3)o2)cc1F. The fraction of sp³-hybridized carbons (Fsp3) is 0.125. The second-order valence-corrected chi connectivity index (χ2v) is 4.62. The van der Waals surface area contributed by atoms with Crippen LogP contribution in [0.15, 0.2) is 52.9 Å². The van der Waals surface area contributed by atoms with Crippen molar-refractivity contribution in [1.82, 2.24) is 10.2 Å². The van der Waals surface area contributed by atoms with Crippen molar-refractivity contribution in [1.29, 1.82) is 0 Å². The van der Waals surface area contributed by atoms with Crippen LogP contribution in [-0.2, 0) is 13.0 Å². The van der Waals surface area contributed by atoms with Gasteiger partial charge in [-0.3, -0.25) is 0 Å². The second-order valence-electron chi connectivity index (χ2n) is 4.62. The highest BCUT2D eigenvalue weighted by Crippen LogP contribution is 2.17. The highest BCUT2D eigenvalue weighted by Gasteiger charge is 2.09. The molecule has 0 radical (unpaired) electrons. The topological polar surface area (TPSA) is 48.2 Å². The summed E-state index contributed by atoms with van der Waals surface area (Å²) in [7, 11) is 0. The van der Waals surface area contributed by atoms with Crippen molar-refractivity contribution in [2.24, 2.45) is 0 Å². The molecule has 0 saturated heterocycles. The van der Waals surface area contributed by atoms with Crippen molar-refractivity contribution in [2.75, 3.05) is 0 Å². The summed E-state index contributed by atoms with van der Waals surface area (Å²) in [4.78, 5) is 0. The molecule has 0 amide bonds. The fourth-order valence-corrected chi connectivity index (χ4v) is 1.90. The first-order valence-corrected chi connectivity index (χ1v) is 6.64. The summed E-state index contributed by atoms with van der Waals surface area (Å²) >= 11 is 0. The van der Waals surface area contributed by atoms with Crippen molar-refractivity contribution in [3.05, 3.63) is 77.5 Å². The first kappa shape index (κ1) is 14.2. The van der Waals surface area contributed by atoms with E-state index >= 15 is 0 Å². The molecule has 4 nitrogen and oxygen atoms in total. The lowest BCUT2D eigenvalue weighted by molar-refractivity contribution is 0.258. The second kappa shape index (κ2) is 6.34. The third-order valence-corrected chi connectivity index (χ3v) is 2.96.